The van der Waals surface area contributed by atoms with E-state index in [0.29, 0.717) is 12.6 Å². The van der Waals surface area contributed by atoms with Crippen LogP contribution in [-0.2, 0) is 0 Å². The van der Waals surface area contributed by atoms with Gasteiger partial charge in [-0.1, -0.05) is 18.6 Å². The molecule has 5 heteroatoms. The number of nitrogens with two attached hydrogens (primary N) is 1. The zero-order valence-corrected chi connectivity index (χ0v) is 13.6. The summed E-state index contributed by atoms with van der Waals surface area (Å²) in [5.74, 6) is 1.62. The summed E-state index contributed by atoms with van der Waals surface area (Å²) in [6.07, 6.45) is 4.98. The van der Waals surface area contributed by atoms with Gasteiger partial charge in [0.15, 0.2) is 11.5 Å². The molecule has 0 amide bonds. The Balaban J connectivity index is 0.00000220. The van der Waals surface area contributed by atoms with Crippen molar-refractivity contribution in [3.05, 3.63) is 24.3 Å². The maximum atomic E-state index is 5.86. The molecule has 1 aromatic carbocycles. The Hall–Kier alpha value is -0.970. The molecule has 2 rings (SSSR count). The van der Waals surface area contributed by atoms with Crippen LogP contribution in [0.3, 0.4) is 0 Å². The minimum absolute atomic E-state index is 0. The van der Waals surface area contributed by atoms with Crippen LogP contribution in [-0.4, -0.2) is 44.3 Å². The van der Waals surface area contributed by atoms with Crippen molar-refractivity contribution in [2.24, 2.45) is 5.73 Å². The van der Waals surface area contributed by atoms with Gasteiger partial charge in [0.05, 0.1) is 7.11 Å². The van der Waals surface area contributed by atoms with Crippen molar-refractivity contribution in [2.45, 2.75) is 31.7 Å². The lowest BCUT2D eigenvalue weighted by molar-refractivity contribution is 0.117. The van der Waals surface area contributed by atoms with Gasteiger partial charge in [-0.2, -0.15) is 0 Å². The maximum absolute atomic E-state index is 5.86. The van der Waals surface area contributed by atoms with Gasteiger partial charge in [0, 0.05) is 12.6 Å². The highest BCUT2D eigenvalue weighted by Gasteiger charge is 2.21. The van der Waals surface area contributed by atoms with Gasteiger partial charge < -0.3 is 15.2 Å². The first-order valence-electron chi connectivity index (χ1n) is 7.55. The summed E-state index contributed by atoms with van der Waals surface area (Å²) in [6, 6.07) is 8.43. The van der Waals surface area contributed by atoms with Gasteiger partial charge in [0.25, 0.3) is 0 Å². The largest absolute Gasteiger partial charge is 0.493 e. The number of hydrogen-bond acceptors (Lipinski definition) is 4. The molecule has 0 aliphatic carbocycles. The molecule has 0 spiro atoms. The SMILES string of the molecule is COc1ccccc1OCCN1CCCCC1CCN.Cl. The van der Waals surface area contributed by atoms with E-state index in [0.717, 1.165) is 31.0 Å². The number of ether oxygens (including phenoxy) is 2. The van der Waals surface area contributed by atoms with Gasteiger partial charge in [-0.05, 0) is 44.5 Å². The molecule has 0 bridgehead atoms. The standard InChI is InChI=1S/C16H26N2O2.ClH/c1-19-15-7-2-3-8-16(15)20-13-12-18-11-5-4-6-14(18)9-10-17;/h2-3,7-8,14H,4-6,9-13,17H2,1H3;1H. The lowest BCUT2D eigenvalue weighted by Crippen LogP contribution is -2.42. The van der Waals surface area contributed by atoms with E-state index in [1.54, 1.807) is 7.11 Å². The molecule has 0 aromatic heterocycles. The summed E-state index contributed by atoms with van der Waals surface area (Å²) >= 11 is 0. The minimum Gasteiger partial charge on any atom is -0.493 e. The second kappa shape index (κ2) is 9.87. The van der Waals surface area contributed by atoms with Gasteiger partial charge in [0.2, 0.25) is 0 Å². The lowest BCUT2D eigenvalue weighted by Gasteiger charge is -2.35. The highest BCUT2D eigenvalue weighted by atomic mass is 35.5. The Morgan fingerprint density at radius 1 is 1.24 bits per heavy atom. The maximum Gasteiger partial charge on any atom is 0.161 e. The molecule has 4 nitrogen and oxygen atoms in total. The number of rotatable bonds is 7. The van der Waals surface area contributed by atoms with E-state index in [9.17, 15) is 0 Å². The third kappa shape index (κ3) is 5.38. The number of piperidine rings is 1. The average molecular weight is 315 g/mol. The fourth-order valence-corrected chi connectivity index (χ4v) is 2.88. The van der Waals surface area contributed by atoms with Gasteiger partial charge in [-0.25, -0.2) is 0 Å². The van der Waals surface area contributed by atoms with Crippen molar-refractivity contribution < 1.29 is 9.47 Å². The molecule has 2 N–H and O–H groups in total. The minimum atomic E-state index is 0. The van der Waals surface area contributed by atoms with Gasteiger partial charge >= 0.3 is 0 Å². The molecule has 1 aliphatic rings. The topological polar surface area (TPSA) is 47.7 Å². The summed E-state index contributed by atoms with van der Waals surface area (Å²) < 4.78 is 11.2. The summed E-state index contributed by atoms with van der Waals surface area (Å²) in [6.45, 7) is 3.60. The van der Waals surface area contributed by atoms with Crippen molar-refractivity contribution in [3.8, 4) is 11.5 Å². The molecule has 120 valence electrons. The molecule has 0 radical (unpaired) electrons. The molecule has 1 saturated heterocycles. The third-order valence-electron chi connectivity index (χ3n) is 3.95. The number of para-hydroxylation sites is 2. The van der Waals surface area contributed by atoms with Crippen LogP contribution >= 0.6 is 12.4 Å². The van der Waals surface area contributed by atoms with E-state index >= 15 is 0 Å². The highest BCUT2D eigenvalue weighted by molar-refractivity contribution is 5.85. The Kier molecular flexibility index (Phi) is 8.50. The van der Waals surface area contributed by atoms with Crippen LogP contribution in [0.25, 0.3) is 0 Å². The average Bonchev–Trinajstić information content (AvgIpc) is 2.50. The zero-order valence-electron chi connectivity index (χ0n) is 12.8. The second-order valence-corrected chi connectivity index (χ2v) is 5.26. The molecule has 1 aliphatic heterocycles. The first-order chi connectivity index (χ1) is 9.85. The van der Waals surface area contributed by atoms with E-state index in [1.165, 1.54) is 25.8 Å². The first kappa shape index (κ1) is 18.1. The fourth-order valence-electron chi connectivity index (χ4n) is 2.88. The lowest BCUT2D eigenvalue weighted by atomic mass is 9.99. The van der Waals surface area contributed by atoms with Crippen LogP contribution in [0.5, 0.6) is 11.5 Å². The van der Waals surface area contributed by atoms with Crippen LogP contribution in [0.15, 0.2) is 24.3 Å². The van der Waals surface area contributed by atoms with Crippen LogP contribution in [0.2, 0.25) is 0 Å². The number of likely N-dealkylation sites (tertiary alicyclic amines) is 1. The van der Waals surface area contributed by atoms with Gasteiger partial charge in [0.1, 0.15) is 6.61 Å². The van der Waals surface area contributed by atoms with Crippen molar-refractivity contribution in [3.63, 3.8) is 0 Å². The zero-order chi connectivity index (χ0) is 14.2. The number of methoxy groups -OCH3 is 1. The van der Waals surface area contributed by atoms with Crippen molar-refractivity contribution in [2.75, 3.05) is 33.4 Å². The summed E-state index contributed by atoms with van der Waals surface area (Å²) in [7, 11) is 1.67. The van der Waals surface area contributed by atoms with Gasteiger partial charge in [-0.3, -0.25) is 4.90 Å². The normalized spacial score (nSPS) is 18.9. The molecule has 1 heterocycles. The molecule has 1 fully saturated rings. The van der Waals surface area contributed by atoms with Crippen LogP contribution in [0.1, 0.15) is 25.7 Å². The summed E-state index contributed by atoms with van der Waals surface area (Å²) in [5.41, 5.74) is 5.70. The molecule has 1 aromatic rings. The Morgan fingerprint density at radius 2 is 2.00 bits per heavy atom. The van der Waals surface area contributed by atoms with Crippen molar-refractivity contribution in [1.29, 1.82) is 0 Å². The van der Waals surface area contributed by atoms with Crippen LogP contribution < -0.4 is 15.2 Å². The van der Waals surface area contributed by atoms with Crippen molar-refractivity contribution in [1.82, 2.24) is 4.90 Å². The van der Waals surface area contributed by atoms with Crippen molar-refractivity contribution >= 4 is 12.4 Å². The first-order valence-corrected chi connectivity index (χ1v) is 7.55. The second-order valence-electron chi connectivity index (χ2n) is 5.26. The molecular formula is C16H27ClN2O2. The van der Waals surface area contributed by atoms with E-state index in [-0.39, 0.29) is 12.4 Å². The monoisotopic (exact) mass is 314 g/mol. The predicted molar refractivity (Wildman–Crippen MR) is 88.6 cm³/mol. The quantitative estimate of drug-likeness (QED) is 0.840. The highest BCUT2D eigenvalue weighted by Crippen LogP contribution is 2.26. The predicted octanol–water partition coefficient (Wildman–Crippen LogP) is 2.70. The van der Waals surface area contributed by atoms with E-state index in [1.807, 2.05) is 24.3 Å². The van der Waals surface area contributed by atoms with Crippen LogP contribution in [0, 0.1) is 0 Å². The number of halogens is 1. The number of nitrogens with zero attached hydrogens (tertiary/aromatic N) is 1. The number of hydrogen-bond donors (Lipinski definition) is 1. The smallest absolute Gasteiger partial charge is 0.161 e. The molecule has 0 saturated carbocycles. The molecular weight excluding hydrogens is 288 g/mol. The molecule has 21 heavy (non-hydrogen) atoms. The Morgan fingerprint density at radius 3 is 2.71 bits per heavy atom. The van der Waals surface area contributed by atoms with E-state index in [2.05, 4.69) is 4.90 Å². The van der Waals surface area contributed by atoms with Crippen LogP contribution in [0.4, 0.5) is 0 Å². The molecule has 1 unspecified atom stereocenters. The number of benzene rings is 1. The van der Waals surface area contributed by atoms with E-state index < -0.39 is 0 Å². The summed E-state index contributed by atoms with van der Waals surface area (Å²) in [4.78, 5) is 2.52. The summed E-state index contributed by atoms with van der Waals surface area (Å²) in [5, 5.41) is 0. The Labute approximate surface area is 134 Å². The van der Waals surface area contributed by atoms with E-state index in [4.69, 9.17) is 15.2 Å². The molecule has 1 atom stereocenters. The third-order valence-corrected chi connectivity index (χ3v) is 3.95. The van der Waals surface area contributed by atoms with Gasteiger partial charge in [-0.15, -0.1) is 12.4 Å². The fraction of sp³-hybridized carbons (Fsp3) is 0.625. The Bertz CT molecular complexity index is 402.